The fourth-order valence-electron chi connectivity index (χ4n) is 1.75. The van der Waals surface area contributed by atoms with Gasteiger partial charge in [0.25, 0.3) is 5.91 Å². The highest BCUT2D eigenvalue weighted by molar-refractivity contribution is 9.10. The number of phenols is 1. The lowest BCUT2D eigenvalue weighted by atomic mass is 10.2. The van der Waals surface area contributed by atoms with Gasteiger partial charge in [0, 0.05) is 18.7 Å². The third-order valence-electron chi connectivity index (χ3n) is 2.64. The number of β-amino-alcohol motifs (C(OH)–C–C–N with tert-alkyl or cyclic N) is 1. The van der Waals surface area contributed by atoms with Gasteiger partial charge in [0.05, 0.1) is 10.6 Å². The molecule has 1 aliphatic rings. The summed E-state index contributed by atoms with van der Waals surface area (Å²) in [5.74, 6) is -0.107. The van der Waals surface area contributed by atoms with Gasteiger partial charge in [-0.1, -0.05) is 0 Å². The largest absolute Gasteiger partial charge is 0.507 e. The number of benzene rings is 1. The number of carbonyl (C=O) groups excluding carboxylic acids is 1. The van der Waals surface area contributed by atoms with Gasteiger partial charge in [0.1, 0.15) is 5.75 Å². The van der Waals surface area contributed by atoms with Crippen molar-refractivity contribution in [2.24, 2.45) is 0 Å². The molecule has 1 aromatic carbocycles. The van der Waals surface area contributed by atoms with Crippen molar-refractivity contribution in [2.45, 2.75) is 12.5 Å². The van der Waals surface area contributed by atoms with Crippen molar-refractivity contribution >= 4 is 21.8 Å². The molecule has 5 heteroatoms. The molecule has 16 heavy (non-hydrogen) atoms. The number of aliphatic hydroxyl groups excluding tert-OH is 1. The van der Waals surface area contributed by atoms with Crippen LogP contribution in [-0.2, 0) is 0 Å². The highest BCUT2D eigenvalue weighted by Gasteiger charge is 2.25. The number of nitrogens with zero attached hydrogens (tertiary/aromatic N) is 1. The first-order valence-corrected chi connectivity index (χ1v) is 5.83. The summed E-state index contributed by atoms with van der Waals surface area (Å²) >= 11 is 3.16. The second-order valence-corrected chi connectivity index (χ2v) is 4.71. The molecule has 2 N–H and O–H groups in total. The molecular weight excluding hydrogens is 274 g/mol. The first-order valence-electron chi connectivity index (χ1n) is 5.04. The van der Waals surface area contributed by atoms with E-state index in [1.807, 2.05) is 0 Å². The van der Waals surface area contributed by atoms with E-state index in [0.717, 1.165) is 0 Å². The van der Waals surface area contributed by atoms with E-state index in [9.17, 15) is 15.0 Å². The molecule has 2 rings (SSSR count). The average Bonchev–Trinajstić information content (AvgIpc) is 2.68. The quantitative estimate of drug-likeness (QED) is 0.819. The summed E-state index contributed by atoms with van der Waals surface area (Å²) in [5.41, 5.74) is 0.440. The van der Waals surface area contributed by atoms with Crippen molar-refractivity contribution in [3.05, 3.63) is 28.2 Å². The molecule has 0 aromatic heterocycles. The molecule has 4 nitrogen and oxygen atoms in total. The van der Waals surface area contributed by atoms with Gasteiger partial charge in [-0.05, 0) is 40.5 Å². The Morgan fingerprint density at radius 1 is 1.50 bits per heavy atom. The molecule has 1 aliphatic heterocycles. The van der Waals surface area contributed by atoms with E-state index in [-0.39, 0.29) is 11.7 Å². The second kappa shape index (κ2) is 4.43. The van der Waals surface area contributed by atoms with Crippen LogP contribution in [0.25, 0.3) is 0 Å². The number of halogens is 1. The highest BCUT2D eigenvalue weighted by Crippen LogP contribution is 2.25. The van der Waals surface area contributed by atoms with Gasteiger partial charge in [-0.25, -0.2) is 0 Å². The van der Waals surface area contributed by atoms with Crippen molar-refractivity contribution in [2.75, 3.05) is 13.1 Å². The van der Waals surface area contributed by atoms with Crippen LogP contribution >= 0.6 is 15.9 Å². The Balaban J connectivity index is 2.18. The Morgan fingerprint density at radius 3 is 2.81 bits per heavy atom. The van der Waals surface area contributed by atoms with Gasteiger partial charge in [0.15, 0.2) is 0 Å². The van der Waals surface area contributed by atoms with Crippen LogP contribution < -0.4 is 0 Å². The van der Waals surface area contributed by atoms with Crippen LogP contribution in [0.2, 0.25) is 0 Å². The summed E-state index contributed by atoms with van der Waals surface area (Å²) in [4.78, 5) is 13.5. The van der Waals surface area contributed by atoms with Crippen molar-refractivity contribution in [3.8, 4) is 5.75 Å². The van der Waals surface area contributed by atoms with E-state index >= 15 is 0 Å². The molecule has 86 valence electrons. The van der Waals surface area contributed by atoms with Crippen LogP contribution in [0.5, 0.6) is 5.75 Å². The zero-order valence-corrected chi connectivity index (χ0v) is 10.1. The number of phenolic OH excluding ortho intramolecular Hbond substituents is 1. The highest BCUT2D eigenvalue weighted by atomic mass is 79.9. The smallest absolute Gasteiger partial charge is 0.254 e. The second-order valence-electron chi connectivity index (χ2n) is 3.86. The van der Waals surface area contributed by atoms with E-state index in [2.05, 4.69) is 15.9 Å². The van der Waals surface area contributed by atoms with Crippen LogP contribution in [0.3, 0.4) is 0 Å². The lowest BCUT2D eigenvalue weighted by Gasteiger charge is -2.15. The number of likely N-dealkylation sites (tertiary alicyclic amines) is 1. The Hall–Kier alpha value is -1.07. The summed E-state index contributed by atoms with van der Waals surface area (Å²) in [6, 6.07) is 4.71. The van der Waals surface area contributed by atoms with Gasteiger partial charge in [0.2, 0.25) is 0 Å². The Kier molecular flexibility index (Phi) is 3.16. The molecule has 1 aromatic rings. The van der Waals surface area contributed by atoms with E-state index < -0.39 is 6.10 Å². The number of hydrogen-bond donors (Lipinski definition) is 2. The zero-order valence-electron chi connectivity index (χ0n) is 8.56. The van der Waals surface area contributed by atoms with Crippen molar-refractivity contribution in [3.63, 3.8) is 0 Å². The molecular formula is C11H12BrNO3. The zero-order chi connectivity index (χ0) is 11.7. The molecule has 0 saturated carbocycles. The summed E-state index contributed by atoms with van der Waals surface area (Å²) in [6.45, 7) is 0.937. The number of carbonyl (C=O) groups is 1. The molecule has 1 amide bonds. The summed E-state index contributed by atoms with van der Waals surface area (Å²) in [5, 5.41) is 18.8. The number of hydrogen-bond acceptors (Lipinski definition) is 3. The van der Waals surface area contributed by atoms with E-state index in [1.165, 1.54) is 6.07 Å². The molecule has 0 bridgehead atoms. The minimum atomic E-state index is -0.423. The fourth-order valence-corrected chi connectivity index (χ4v) is 2.00. The van der Waals surface area contributed by atoms with Crippen molar-refractivity contribution in [1.29, 1.82) is 0 Å². The minimum absolute atomic E-state index is 0.0468. The van der Waals surface area contributed by atoms with Gasteiger partial charge >= 0.3 is 0 Å². The van der Waals surface area contributed by atoms with Gasteiger partial charge in [-0.3, -0.25) is 4.79 Å². The summed E-state index contributed by atoms with van der Waals surface area (Å²) in [6.07, 6.45) is 0.196. The lowest BCUT2D eigenvalue weighted by molar-refractivity contribution is 0.0764. The maximum atomic E-state index is 11.9. The molecule has 1 fully saturated rings. The van der Waals surface area contributed by atoms with Crippen LogP contribution in [0.4, 0.5) is 0 Å². The Labute approximate surface area is 102 Å². The maximum absolute atomic E-state index is 11.9. The Morgan fingerprint density at radius 2 is 2.25 bits per heavy atom. The van der Waals surface area contributed by atoms with E-state index in [0.29, 0.717) is 29.5 Å². The van der Waals surface area contributed by atoms with E-state index in [1.54, 1.807) is 17.0 Å². The molecule has 0 spiro atoms. The number of aromatic hydroxyl groups is 1. The maximum Gasteiger partial charge on any atom is 0.254 e. The minimum Gasteiger partial charge on any atom is -0.507 e. The molecule has 1 heterocycles. The van der Waals surface area contributed by atoms with E-state index in [4.69, 9.17) is 0 Å². The van der Waals surface area contributed by atoms with Gasteiger partial charge in [-0.15, -0.1) is 0 Å². The third-order valence-corrected chi connectivity index (χ3v) is 3.31. The van der Waals surface area contributed by atoms with Crippen molar-refractivity contribution in [1.82, 2.24) is 4.90 Å². The molecule has 0 radical (unpaired) electrons. The van der Waals surface area contributed by atoms with Crippen LogP contribution in [0.15, 0.2) is 22.7 Å². The fraction of sp³-hybridized carbons (Fsp3) is 0.364. The normalized spacial score (nSPS) is 20.1. The topological polar surface area (TPSA) is 60.8 Å². The first-order chi connectivity index (χ1) is 7.58. The van der Waals surface area contributed by atoms with Crippen molar-refractivity contribution < 1.29 is 15.0 Å². The van der Waals surface area contributed by atoms with Crippen LogP contribution in [-0.4, -0.2) is 40.2 Å². The molecule has 0 unspecified atom stereocenters. The predicted octanol–water partition coefficient (Wildman–Crippen LogP) is 1.36. The van der Waals surface area contributed by atoms with Gasteiger partial charge in [-0.2, -0.15) is 0 Å². The monoisotopic (exact) mass is 285 g/mol. The van der Waals surface area contributed by atoms with Gasteiger partial charge < -0.3 is 15.1 Å². The van der Waals surface area contributed by atoms with Crippen LogP contribution in [0.1, 0.15) is 16.8 Å². The molecule has 1 atom stereocenters. The molecule has 0 aliphatic carbocycles. The van der Waals surface area contributed by atoms with Crippen LogP contribution in [0, 0.1) is 0 Å². The lowest BCUT2D eigenvalue weighted by Crippen LogP contribution is -2.29. The number of amides is 1. The average molecular weight is 286 g/mol. The number of aliphatic hydroxyl groups is 1. The first kappa shape index (κ1) is 11.4. The SMILES string of the molecule is O=C(c1ccc(Br)c(O)c1)N1CC[C@@H](O)C1. The Bertz CT molecular complexity index is 422. The summed E-state index contributed by atoms with van der Waals surface area (Å²) in [7, 11) is 0. The molecule has 1 saturated heterocycles. The standard InChI is InChI=1S/C11H12BrNO3/c12-9-2-1-7(5-10(9)15)11(16)13-4-3-8(14)6-13/h1-2,5,8,14-15H,3-4,6H2/t8-/m1/s1. The third kappa shape index (κ3) is 2.20. The number of rotatable bonds is 1. The summed E-state index contributed by atoms with van der Waals surface area (Å²) < 4.78 is 0.561. The predicted molar refractivity (Wildman–Crippen MR) is 62.3 cm³/mol.